The van der Waals surface area contributed by atoms with Gasteiger partial charge in [-0.3, -0.25) is 0 Å². The van der Waals surface area contributed by atoms with Crippen molar-refractivity contribution in [1.82, 2.24) is 19.9 Å². The van der Waals surface area contributed by atoms with E-state index in [-0.39, 0.29) is 31.4 Å². The Hall–Kier alpha value is -3.56. The van der Waals surface area contributed by atoms with Crippen LogP contribution in [-0.2, 0) is 0 Å². The number of benzene rings is 4. The Morgan fingerprint density at radius 1 is 0.373 bits per heavy atom. The van der Waals surface area contributed by atoms with Crippen molar-refractivity contribution in [3.8, 4) is 61.8 Å². The number of nitrogens with one attached hydrogen (secondary N) is 2. The Morgan fingerprint density at radius 2 is 0.627 bits per heavy atom. The highest BCUT2D eigenvalue weighted by molar-refractivity contribution is 9.18. The van der Waals surface area contributed by atoms with Crippen molar-refractivity contribution in [2.75, 3.05) is 21.3 Å². The second kappa shape index (κ2) is 19.0. The average molecular weight is 1420 g/mol. The van der Waals surface area contributed by atoms with Crippen LogP contribution in [0, 0.1) is 30.2 Å². The van der Waals surface area contributed by atoms with E-state index in [0.29, 0.717) is 99.9 Å². The minimum atomic E-state index is -1.62. The third-order valence-electron chi connectivity index (χ3n) is 11.2. The fourth-order valence-electron chi connectivity index (χ4n) is 7.89. The van der Waals surface area contributed by atoms with Crippen molar-refractivity contribution in [2.24, 2.45) is 0 Å². The summed E-state index contributed by atoms with van der Waals surface area (Å²) in [4.78, 5) is 17.6. The molecule has 19 heteroatoms. The number of aromatic nitrogens is 4. The standard InChI is InChI=1S/C48H26Br8F4N4O3/c1-17-37(57)39(59)27(40(60)38(17)58)28-47-35(55)33(53)45(63-47)25(19-7-13-22(66-3)14-8-19)43-31(51)29(49)41(61-43)24(18-5-11-21(65-2)12-6-18)42-30(50)32(52)44(62-42)26(20-9-15-23(67-4)16-10-20)46-34(54)36(56)48(28)64-46/h5-16,61,64H,1-4H3. The van der Waals surface area contributed by atoms with E-state index in [2.05, 4.69) is 137 Å². The van der Waals surface area contributed by atoms with Gasteiger partial charge in [-0.15, -0.1) is 0 Å². The molecule has 0 saturated heterocycles. The molecule has 0 amide bonds. The Balaban J connectivity index is 1.63. The summed E-state index contributed by atoms with van der Waals surface area (Å²) in [7, 11) is 4.71. The number of nitrogens with zero attached hydrogens (tertiary/aromatic N) is 2. The molecule has 340 valence electrons. The Morgan fingerprint density at radius 3 is 0.896 bits per heavy atom. The number of ether oxygens (including phenoxy) is 3. The largest absolute Gasteiger partial charge is 0.497 e. The Bertz CT molecular complexity index is 3430. The first-order valence-electron chi connectivity index (χ1n) is 19.5. The second-order valence-corrected chi connectivity index (χ2v) is 21.2. The molecule has 5 heterocycles. The number of hydrogen-bond donors (Lipinski definition) is 2. The quantitative estimate of drug-likeness (QED) is 0.123. The summed E-state index contributed by atoms with van der Waals surface area (Å²) in [5.41, 5.74) is 4.24. The van der Waals surface area contributed by atoms with Gasteiger partial charge in [0, 0.05) is 27.8 Å². The van der Waals surface area contributed by atoms with Crippen LogP contribution in [0.25, 0.3) is 84.5 Å². The fourth-order valence-corrected chi connectivity index (χ4v) is 11.8. The van der Waals surface area contributed by atoms with Gasteiger partial charge < -0.3 is 24.2 Å². The maximum absolute atomic E-state index is 16.7. The Labute approximate surface area is 446 Å². The lowest BCUT2D eigenvalue weighted by molar-refractivity contribution is 0.415. The van der Waals surface area contributed by atoms with E-state index in [1.807, 2.05) is 48.5 Å². The van der Waals surface area contributed by atoms with E-state index in [1.165, 1.54) is 0 Å². The van der Waals surface area contributed by atoms with Crippen molar-refractivity contribution >= 4 is 167 Å². The molecule has 4 aromatic carbocycles. The average Bonchev–Trinajstić information content (AvgIpc) is 4.00. The van der Waals surface area contributed by atoms with Crippen LogP contribution < -0.4 is 14.2 Å². The first kappa shape index (κ1) is 48.5. The lowest BCUT2D eigenvalue weighted by atomic mass is 9.99. The summed E-state index contributed by atoms with van der Waals surface area (Å²) in [5.74, 6) is -4.56. The van der Waals surface area contributed by atoms with Crippen LogP contribution in [0.1, 0.15) is 28.3 Å². The van der Waals surface area contributed by atoms with Gasteiger partial charge in [-0.2, -0.15) is 0 Å². The number of hydrogen-bond acceptors (Lipinski definition) is 5. The molecular weight excluding hydrogens is 1400 g/mol. The van der Waals surface area contributed by atoms with Crippen molar-refractivity contribution in [1.29, 1.82) is 0 Å². The van der Waals surface area contributed by atoms with Crippen molar-refractivity contribution in [2.45, 2.75) is 6.92 Å². The van der Waals surface area contributed by atoms with Gasteiger partial charge in [-0.05, 0) is 187 Å². The molecule has 67 heavy (non-hydrogen) atoms. The van der Waals surface area contributed by atoms with Crippen LogP contribution in [-0.4, -0.2) is 41.3 Å². The molecule has 0 saturated carbocycles. The first-order valence-corrected chi connectivity index (χ1v) is 25.8. The molecule has 0 aliphatic carbocycles. The van der Waals surface area contributed by atoms with E-state index in [0.717, 1.165) is 12.5 Å². The molecule has 0 atom stereocenters. The molecule has 2 aliphatic rings. The maximum Gasteiger partial charge on any atom is 0.170 e. The molecule has 7 nitrogen and oxygen atoms in total. The van der Waals surface area contributed by atoms with E-state index in [1.54, 1.807) is 45.6 Å². The Kier molecular flexibility index (Phi) is 13.7. The van der Waals surface area contributed by atoms with E-state index < -0.39 is 34.4 Å². The highest BCUT2D eigenvalue weighted by atomic mass is 79.9. The van der Waals surface area contributed by atoms with Gasteiger partial charge >= 0.3 is 0 Å². The van der Waals surface area contributed by atoms with E-state index in [4.69, 9.17) is 24.2 Å². The molecule has 0 radical (unpaired) electrons. The highest BCUT2D eigenvalue weighted by Crippen LogP contribution is 2.54. The monoisotopic (exact) mass is 1410 g/mol. The topological polar surface area (TPSA) is 85.1 Å². The van der Waals surface area contributed by atoms with Crippen LogP contribution in [0.15, 0.2) is 90.7 Å². The van der Waals surface area contributed by atoms with Gasteiger partial charge in [0.15, 0.2) is 23.3 Å². The lowest BCUT2D eigenvalue weighted by Crippen LogP contribution is -2.04. The molecule has 0 fully saturated rings. The molecule has 0 spiro atoms. The zero-order valence-corrected chi connectivity index (χ0v) is 47.3. The predicted octanol–water partition coefficient (Wildman–Crippen LogP) is 18.2. The second-order valence-electron chi connectivity index (χ2n) is 14.8. The summed E-state index contributed by atoms with van der Waals surface area (Å²) < 4.78 is 85.2. The van der Waals surface area contributed by atoms with Gasteiger partial charge in [0.25, 0.3) is 0 Å². The predicted molar refractivity (Wildman–Crippen MR) is 287 cm³/mol. The van der Waals surface area contributed by atoms with Crippen LogP contribution in [0.4, 0.5) is 17.6 Å². The van der Waals surface area contributed by atoms with Crippen LogP contribution in [0.2, 0.25) is 0 Å². The van der Waals surface area contributed by atoms with Gasteiger partial charge in [0.1, 0.15) is 17.2 Å². The zero-order chi connectivity index (χ0) is 47.9. The first-order chi connectivity index (χ1) is 32.0. The van der Waals surface area contributed by atoms with Crippen LogP contribution >= 0.6 is 127 Å². The lowest BCUT2D eigenvalue weighted by Gasteiger charge is -2.12. The summed E-state index contributed by atoms with van der Waals surface area (Å²) in [5, 5.41) is 0. The van der Waals surface area contributed by atoms with E-state index >= 15 is 17.6 Å². The zero-order valence-electron chi connectivity index (χ0n) is 34.6. The maximum atomic E-state index is 16.7. The van der Waals surface area contributed by atoms with Gasteiger partial charge in [-0.1, -0.05) is 36.4 Å². The molecule has 9 rings (SSSR count). The fraction of sp³-hybridized carbons (Fsp3) is 0.0833. The number of rotatable bonds is 7. The highest BCUT2D eigenvalue weighted by Gasteiger charge is 2.34. The summed E-state index contributed by atoms with van der Waals surface area (Å²) in [6, 6.07) is 22.1. The third kappa shape index (κ3) is 8.04. The van der Waals surface area contributed by atoms with Crippen LogP contribution in [0.3, 0.4) is 0 Å². The number of halogens is 12. The molecule has 3 aromatic heterocycles. The number of fused-ring (bicyclic) bond motifs is 8. The smallest absolute Gasteiger partial charge is 0.170 e. The number of H-pyrrole nitrogens is 2. The van der Waals surface area contributed by atoms with Crippen LogP contribution in [0.5, 0.6) is 17.2 Å². The van der Waals surface area contributed by atoms with Crippen molar-refractivity contribution < 1.29 is 31.8 Å². The van der Waals surface area contributed by atoms with Crippen molar-refractivity contribution in [3.05, 3.63) is 142 Å². The minimum Gasteiger partial charge on any atom is -0.497 e. The molecule has 2 N–H and O–H groups in total. The van der Waals surface area contributed by atoms with Gasteiger partial charge in [-0.25, -0.2) is 27.5 Å². The summed E-state index contributed by atoms with van der Waals surface area (Å²) in [6.45, 7) is 0.969. The molecule has 2 aliphatic heterocycles. The molecular formula is C48H26Br8F4N4O3. The van der Waals surface area contributed by atoms with Gasteiger partial charge in [0.2, 0.25) is 0 Å². The van der Waals surface area contributed by atoms with Crippen molar-refractivity contribution in [3.63, 3.8) is 0 Å². The molecule has 7 aromatic rings. The SMILES string of the molecule is COc1ccc(-c2c3nc(c(-c4ccc(OC)cc4)c4[nH]c(c(Br)c4Br)c(-c4c(F)c(F)c(C)c(F)c4F)c4nc(c(-c5ccc(OC)cc5)c5[nH]c2c(Br)c5Br)C(Br)=C4Br)C(Br)=C3Br)cc1. The van der Waals surface area contributed by atoms with Gasteiger partial charge in [0.05, 0.1) is 108 Å². The minimum absolute atomic E-state index is 0.0159. The normalized spacial score (nSPS) is 12.7. The third-order valence-corrected chi connectivity index (χ3v) is 19.6. The number of aromatic amines is 2. The van der Waals surface area contributed by atoms with E-state index in [9.17, 15) is 0 Å². The summed E-state index contributed by atoms with van der Waals surface area (Å²) >= 11 is 30.5. The summed E-state index contributed by atoms with van der Waals surface area (Å²) in [6.07, 6.45) is 0. The molecule has 8 bridgehead atoms. The number of methoxy groups -OCH3 is 3. The molecule has 0 unspecified atom stereocenters.